The Bertz CT molecular complexity index is 991. The van der Waals surface area contributed by atoms with E-state index in [4.69, 9.17) is 4.74 Å². The van der Waals surface area contributed by atoms with E-state index >= 15 is 0 Å². The highest BCUT2D eigenvalue weighted by atomic mass is 16.5. The first kappa shape index (κ1) is 18.7. The van der Waals surface area contributed by atoms with Crippen molar-refractivity contribution in [2.24, 2.45) is 0 Å². The van der Waals surface area contributed by atoms with E-state index in [0.29, 0.717) is 16.8 Å². The summed E-state index contributed by atoms with van der Waals surface area (Å²) in [5.74, 6) is -0.697. The molecule has 27 heavy (non-hydrogen) atoms. The van der Waals surface area contributed by atoms with Gasteiger partial charge in [-0.1, -0.05) is 17.7 Å². The summed E-state index contributed by atoms with van der Waals surface area (Å²) in [6.45, 7) is 7.84. The topological polar surface area (TPSA) is 51.5 Å². The van der Waals surface area contributed by atoms with Gasteiger partial charge in [-0.15, -0.1) is 0 Å². The Balaban J connectivity index is 2.12. The Morgan fingerprint density at radius 2 is 1.70 bits per heavy atom. The number of amides is 1. The molecule has 0 atom stereocenters. The number of aromatic nitrogens is 1. The van der Waals surface area contributed by atoms with Gasteiger partial charge in [-0.2, -0.15) is 0 Å². The molecular weight excluding hydrogens is 340 g/mol. The quantitative estimate of drug-likeness (QED) is 0.616. The van der Waals surface area contributed by atoms with Crippen molar-refractivity contribution in [1.29, 1.82) is 0 Å². The lowest BCUT2D eigenvalue weighted by Crippen LogP contribution is -2.19. The SMILES string of the molecule is COC(=O)C1=C(C)N(C)C(=O)C1=Cc1cc(C)n(-c2ccc(C)cc2)c1C. The minimum absolute atomic E-state index is 0.201. The van der Waals surface area contributed by atoms with Gasteiger partial charge in [0.1, 0.15) is 0 Å². The van der Waals surface area contributed by atoms with Crippen molar-refractivity contribution in [1.82, 2.24) is 9.47 Å². The van der Waals surface area contributed by atoms with Crippen LogP contribution in [0, 0.1) is 20.8 Å². The van der Waals surface area contributed by atoms with E-state index in [1.165, 1.54) is 17.6 Å². The van der Waals surface area contributed by atoms with Gasteiger partial charge in [0.05, 0.1) is 18.3 Å². The Kier molecular flexibility index (Phi) is 4.79. The third kappa shape index (κ3) is 3.10. The maximum Gasteiger partial charge on any atom is 0.340 e. The minimum atomic E-state index is -0.496. The van der Waals surface area contributed by atoms with Gasteiger partial charge >= 0.3 is 5.97 Å². The van der Waals surface area contributed by atoms with Crippen LogP contribution in [0.3, 0.4) is 0 Å². The number of methoxy groups -OCH3 is 1. The molecule has 1 aromatic carbocycles. The molecule has 5 nitrogen and oxygen atoms in total. The van der Waals surface area contributed by atoms with Crippen LogP contribution in [0.25, 0.3) is 11.8 Å². The van der Waals surface area contributed by atoms with Crippen molar-refractivity contribution in [2.45, 2.75) is 27.7 Å². The maximum atomic E-state index is 12.7. The van der Waals surface area contributed by atoms with Crippen LogP contribution in [-0.4, -0.2) is 35.5 Å². The average molecular weight is 364 g/mol. The number of aryl methyl sites for hydroxylation is 2. The molecule has 1 aliphatic heterocycles. The van der Waals surface area contributed by atoms with Gasteiger partial charge < -0.3 is 14.2 Å². The minimum Gasteiger partial charge on any atom is -0.465 e. The van der Waals surface area contributed by atoms with Crippen LogP contribution in [0.2, 0.25) is 0 Å². The predicted octanol–water partition coefficient (Wildman–Crippen LogP) is 3.70. The fraction of sp³-hybridized carbons (Fsp3) is 0.273. The second kappa shape index (κ2) is 6.91. The summed E-state index contributed by atoms with van der Waals surface area (Å²) in [6, 6.07) is 10.3. The predicted molar refractivity (Wildman–Crippen MR) is 105 cm³/mol. The monoisotopic (exact) mass is 364 g/mol. The molecule has 0 unspecified atom stereocenters. The van der Waals surface area contributed by atoms with Gasteiger partial charge in [-0.25, -0.2) is 4.79 Å². The zero-order valence-electron chi connectivity index (χ0n) is 16.6. The molecule has 0 bridgehead atoms. The number of hydrogen-bond donors (Lipinski definition) is 0. The van der Waals surface area contributed by atoms with Crippen LogP contribution in [-0.2, 0) is 14.3 Å². The normalized spacial score (nSPS) is 15.9. The Morgan fingerprint density at radius 1 is 1.07 bits per heavy atom. The molecule has 0 spiro atoms. The largest absolute Gasteiger partial charge is 0.465 e. The number of ether oxygens (including phenoxy) is 1. The van der Waals surface area contributed by atoms with Crippen LogP contribution in [0.1, 0.15) is 29.4 Å². The molecule has 2 aromatic rings. The van der Waals surface area contributed by atoms with E-state index in [9.17, 15) is 9.59 Å². The van der Waals surface area contributed by atoms with Gasteiger partial charge in [0.2, 0.25) is 0 Å². The molecule has 1 aromatic heterocycles. The standard InChI is InChI=1S/C22H24N2O3/c1-13-7-9-18(10-8-13)24-14(2)11-17(15(24)3)12-19-20(22(26)27-6)16(4)23(5)21(19)25/h7-12H,1-6H3. The zero-order valence-corrected chi connectivity index (χ0v) is 16.6. The first-order valence-corrected chi connectivity index (χ1v) is 8.81. The number of esters is 1. The number of carbonyl (C=O) groups excluding carboxylic acids is 2. The van der Waals surface area contributed by atoms with Crippen molar-refractivity contribution < 1.29 is 14.3 Å². The summed E-state index contributed by atoms with van der Waals surface area (Å²) in [5, 5.41) is 0. The van der Waals surface area contributed by atoms with Gasteiger partial charge in [0.15, 0.2) is 0 Å². The second-order valence-corrected chi connectivity index (χ2v) is 6.87. The van der Waals surface area contributed by atoms with Crippen LogP contribution >= 0.6 is 0 Å². The molecule has 1 aliphatic rings. The Labute approximate surface area is 159 Å². The summed E-state index contributed by atoms with van der Waals surface area (Å²) in [6.07, 6.45) is 1.79. The van der Waals surface area contributed by atoms with Crippen LogP contribution in [0.5, 0.6) is 0 Å². The summed E-state index contributed by atoms with van der Waals surface area (Å²) >= 11 is 0. The third-order valence-electron chi connectivity index (χ3n) is 5.12. The Morgan fingerprint density at radius 3 is 2.30 bits per heavy atom. The highest BCUT2D eigenvalue weighted by Gasteiger charge is 2.35. The highest BCUT2D eigenvalue weighted by Crippen LogP contribution is 2.32. The van der Waals surface area contributed by atoms with E-state index in [0.717, 1.165) is 22.6 Å². The first-order valence-electron chi connectivity index (χ1n) is 8.81. The number of allylic oxidation sites excluding steroid dienone is 1. The van der Waals surface area contributed by atoms with Crippen molar-refractivity contribution >= 4 is 18.0 Å². The molecule has 0 aliphatic carbocycles. The second-order valence-electron chi connectivity index (χ2n) is 6.87. The number of likely N-dealkylation sites (N-methyl/N-ethyl adjacent to an activating group) is 1. The van der Waals surface area contributed by atoms with E-state index in [1.54, 1.807) is 20.0 Å². The molecule has 5 heteroatoms. The number of benzene rings is 1. The number of rotatable bonds is 3. The van der Waals surface area contributed by atoms with Crippen molar-refractivity contribution in [2.75, 3.05) is 14.2 Å². The molecule has 2 heterocycles. The van der Waals surface area contributed by atoms with E-state index in [2.05, 4.69) is 35.8 Å². The smallest absolute Gasteiger partial charge is 0.340 e. The molecule has 0 saturated heterocycles. The van der Waals surface area contributed by atoms with Gasteiger partial charge in [-0.05, 0) is 57.5 Å². The van der Waals surface area contributed by atoms with E-state index in [1.807, 2.05) is 19.9 Å². The van der Waals surface area contributed by atoms with Crippen molar-refractivity contribution in [3.05, 3.63) is 69.7 Å². The molecular formula is C22H24N2O3. The van der Waals surface area contributed by atoms with Gasteiger partial charge in [-0.3, -0.25) is 4.79 Å². The molecule has 0 radical (unpaired) electrons. The van der Waals surface area contributed by atoms with E-state index in [-0.39, 0.29) is 5.91 Å². The van der Waals surface area contributed by atoms with Gasteiger partial charge in [0, 0.05) is 29.8 Å². The lowest BCUT2D eigenvalue weighted by atomic mass is 10.0. The fourth-order valence-electron chi connectivity index (χ4n) is 3.48. The van der Waals surface area contributed by atoms with E-state index < -0.39 is 5.97 Å². The summed E-state index contributed by atoms with van der Waals surface area (Å²) < 4.78 is 7.03. The molecule has 140 valence electrons. The summed E-state index contributed by atoms with van der Waals surface area (Å²) in [5.41, 5.74) is 6.53. The summed E-state index contributed by atoms with van der Waals surface area (Å²) in [7, 11) is 2.99. The lowest BCUT2D eigenvalue weighted by molar-refractivity contribution is -0.136. The molecule has 1 amide bonds. The molecule has 3 rings (SSSR count). The zero-order chi connectivity index (χ0) is 19.9. The van der Waals surface area contributed by atoms with Gasteiger partial charge in [0.25, 0.3) is 5.91 Å². The van der Waals surface area contributed by atoms with Crippen LogP contribution in [0.4, 0.5) is 0 Å². The third-order valence-corrected chi connectivity index (χ3v) is 5.12. The molecule has 0 N–H and O–H groups in total. The molecule has 0 fully saturated rings. The maximum absolute atomic E-state index is 12.7. The average Bonchev–Trinajstić information content (AvgIpc) is 3.04. The van der Waals surface area contributed by atoms with Crippen LogP contribution in [0.15, 0.2) is 47.2 Å². The lowest BCUT2D eigenvalue weighted by Gasteiger charge is -2.10. The van der Waals surface area contributed by atoms with Crippen molar-refractivity contribution in [3.63, 3.8) is 0 Å². The Hall–Kier alpha value is -3.08. The van der Waals surface area contributed by atoms with Crippen molar-refractivity contribution in [3.8, 4) is 5.69 Å². The summed E-state index contributed by atoms with van der Waals surface area (Å²) in [4.78, 5) is 26.4. The van der Waals surface area contributed by atoms with Crippen LogP contribution < -0.4 is 0 Å². The number of nitrogens with zero attached hydrogens (tertiary/aromatic N) is 2. The number of hydrogen-bond acceptors (Lipinski definition) is 3. The number of carbonyl (C=O) groups is 2. The fourth-order valence-corrected chi connectivity index (χ4v) is 3.48. The highest BCUT2D eigenvalue weighted by molar-refractivity contribution is 6.16. The first-order chi connectivity index (χ1) is 12.8. The molecule has 0 saturated carbocycles.